The number of hydrogen-bond donors (Lipinski definition) is 3. The Morgan fingerprint density at radius 3 is 2.13 bits per heavy atom. The molecule has 0 saturated heterocycles. The van der Waals surface area contributed by atoms with Gasteiger partial charge < -0.3 is 16.0 Å². The predicted octanol–water partition coefficient (Wildman–Crippen LogP) is 3.31. The molecule has 3 N–H and O–H groups in total. The smallest absolute Gasteiger partial charge is 0.319 e. The molecule has 0 fully saturated rings. The van der Waals surface area contributed by atoms with Gasteiger partial charge in [0, 0.05) is 16.3 Å². The van der Waals surface area contributed by atoms with Gasteiger partial charge in [0.2, 0.25) is 5.91 Å². The molecule has 0 atom stereocenters. The van der Waals surface area contributed by atoms with Crippen LogP contribution in [0.25, 0.3) is 0 Å². The highest BCUT2D eigenvalue weighted by Gasteiger charge is 2.06. The number of anilines is 2. The van der Waals surface area contributed by atoms with Gasteiger partial charge in [-0.25, -0.2) is 9.18 Å². The summed E-state index contributed by atoms with van der Waals surface area (Å²) in [6, 6.07) is 12.2. The summed E-state index contributed by atoms with van der Waals surface area (Å²) in [5, 5.41) is 7.63. The summed E-state index contributed by atoms with van der Waals surface area (Å²) in [5.74, 6) is -0.780. The number of carbonyl (C=O) groups excluding carboxylic acids is 2. The Morgan fingerprint density at radius 2 is 1.52 bits per heavy atom. The normalized spacial score (nSPS) is 10.0. The van der Waals surface area contributed by atoms with Gasteiger partial charge in [0.25, 0.3) is 0 Å². The lowest BCUT2D eigenvalue weighted by atomic mass is 10.3. The van der Waals surface area contributed by atoms with Crippen molar-refractivity contribution >= 4 is 35.1 Å². The van der Waals surface area contributed by atoms with E-state index in [-0.39, 0.29) is 12.4 Å². The molecule has 0 aromatic heterocycles. The first-order valence-electron chi connectivity index (χ1n) is 6.81. The fourth-order valence-electron chi connectivity index (χ4n) is 1.75. The van der Waals surface area contributed by atoms with E-state index >= 15 is 0 Å². The molecule has 7 heteroatoms. The zero-order chi connectivity index (χ0) is 16.7. The molecule has 0 spiro atoms. The summed E-state index contributed by atoms with van der Waals surface area (Å²) in [6.07, 6.45) is 1.97. The van der Waals surface area contributed by atoms with Crippen LogP contribution >= 0.6 is 11.8 Å². The predicted molar refractivity (Wildman–Crippen MR) is 90.3 cm³/mol. The van der Waals surface area contributed by atoms with E-state index in [0.717, 1.165) is 4.90 Å². The van der Waals surface area contributed by atoms with Crippen molar-refractivity contribution in [2.75, 3.05) is 23.4 Å². The lowest BCUT2D eigenvalue weighted by Crippen LogP contribution is -2.35. The molecule has 2 aromatic rings. The van der Waals surface area contributed by atoms with Crippen LogP contribution in [0.5, 0.6) is 0 Å². The van der Waals surface area contributed by atoms with Crippen LogP contribution in [0.3, 0.4) is 0 Å². The van der Waals surface area contributed by atoms with Crippen LogP contribution in [0.4, 0.5) is 20.6 Å². The Kier molecular flexibility index (Phi) is 5.99. The fraction of sp³-hybridized carbons (Fsp3) is 0.125. The molecular weight excluding hydrogens is 317 g/mol. The minimum Gasteiger partial charge on any atom is -0.329 e. The van der Waals surface area contributed by atoms with Gasteiger partial charge in [0.1, 0.15) is 5.82 Å². The number of thioether (sulfide) groups is 1. The standard InChI is InChI=1S/C16H16FN3O2S/c1-23-14-8-6-13(7-9-14)20-16(22)18-10-15(21)19-12-4-2-11(17)3-5-12/h2-9H,10H2,1H3,(H,19,21)(H2,18,20,22). The van der Waals surface area contributed by atoms with E-state index in [1.54, 1.807) is 23.9 Å². The maximum Gasteiger partial charge on any atom is 0.319 e. The number of halogens is 1. The largest absolute Gasteiger partial charge is 0.329 e. The molecule has 23 heavy (non-hydrogen) atoms. The first-order chi connectivity index (χ1) is 11.1. The van der Waals surface area contributed by atoms with Crippen LogP contribution < -0.4 is 16.0 Å². The summed E-state index contributed by atoms with van der Waals surface area (Å²) in [6.45, 7) is -0.188. The van der Waals surface area contributed by atoms with Crippen molar-refractivity contribution in [3.63, 3.8) is 0 Å². The highest BCUT2D eigenvalue weighted by atomic mass is 32.2. The van der Waals surface area contributed by atoms with Crippen molar-refractivity contribution < 1.29 is 14.0 Å². The Labute approximate surface area is 137 Å². The van der Waals surface area contributed by atoms with Gasteiger partial charge in [-0.3, -0.25) is 4.79 Å². The maximum atomic E-state index is 12.8. The molecule has 5 nitrogen and oxygen atoms in total. The monoisotopic (exact) mass is 333 g/mol. The van der Waals surface area contributed by atoms with Gasteiger partial charge >= 0.3 is 6.03 Å². The lowest BCUT2D eigenvalue weighted by Gasteiger charge is -2.09. The average Bonchev–Trinajstić information content (AvgIpc) is 2.56. The Hall–Kier alpha value is -2.54. The Balaban J connectivity index is 1.76. The van der Waals surface area contributed by atoms with Crippen molar-refractivity contribution in [3.05, 3.63) is 54.3 Å². The van der Waals surface area contributed by atoms with E-state index in [9.17, 15) is 14.0 Å². The molecule has 0 heterocycles. The lowest BCUT2D eigenvalue weighted by molar-refractivity contribution is -0.115. The number of nitrogens with one attached hydrogen (secondary N) is 3. The molecular formula is C16H16FN3O2S. The highest BCUT2D eigenvalue weighted by molar-refractivity contribution is 7.98. The van der Waals surface area contributed by atoms with Crippen LogP contribution in [0, 0.1) is 5.82 Å². The van der Waals surface area contributed by atoms with Crippen molar-refractivity contribution in [1.29, 1.82) is 0 Å². The molecule has 2 rings (SSSR count). The van der Waals surface area contributed by atoms with Gasteiger partial charge in [0.05, 0.1) is 6.54 Å². The van der Waals surface area contributed by atoms with Gasteiger partial charge in [-0.2, -0.15) is 0 Å². The fourth-order valence-corrected chi connectivity index (χ4v) is 2.16. The molecule has 2 aromatic carbocycles. The van der Waals surface area contributed by atoms with Crippen molar-refractivity contribution in [2.45, 2.75) is 4.90 Å². The summed E-state index contributed by atoms with van der Waals surface area (Å²) >= 11 is 1.61. The number of hydrogen-bond acceptors (Lipinski definition) is 3. The summed E-state index contributed by atoms with van der Waals surface area (Å²) < 4.78 is 12.8. The second kappa shape index (κ2) is 8.19. The van der Waals surface area contributed by atoms with Crippen LogP contribution in [-0.2, 0) is 4.79 Å². The third-order valence-corrected chi connectivity index (χ3v) is 3.63. The first-order valence-corrected chi connectivity index (χ1v) is 8.03. The van der Waals surface area contributed by atoms with Crippen molar-refractivity contribution in [2.24, 2.45) is 0 Å². The van der Waals surface area contributed by atoms with E-state index in [2.05, 4.69) is 16.0 Å². The molecule has 0 bridgehead atoms. The van der Waals surface area contributed by atoms with E-state index in [1.807, 2.05) is 18.4 Å². The number of urea groups is 1. The highest BCUT2D eigenvalue weighted by Crippen LogP contribution is 2.17. The third-order valence-electron chi connectivity index (χ3n) is 2.89. The molecule has 0 unspecified atom stereocenters. The van der Waals surface area contributed by atoms with E-state index in [0.29, 0.717) is 11.4 Å². The Morgan fingerprint density at radius 1 is 0.957 bits per heavy atom. The van der Waals surface area contributed by atoms with Crippen LogP contribution in [-0.4, -0.2) is 24.7 Å². The second-order valence-electron chi connectivity index (χ2n) is 4.59. The maximum absolute atomic E-state index is 12.8. The van der Waals surface area contributed by atoms with Gasteiger partial charge in [0.15, 0.2) is 0 Å². The molecule has 0 radical (unpaired) electrons. The van der Waals surface area contributed by atoms with Crippen molar-refractivity contribution in [3.8, 4) is 0 Å². The minimum absolute atomic E-state index is 0.188. The van der Waals surface area contributed by atoms with Crippen molar-refractivity contribution in [1.82, 2.24) is 5.32 Å². The zero-order valence-corrected chi connectivity index (χ0v) is 13.2. The number of benzene rings is 2. The number of carbonyl (C=O) groups is 2. The van der Waals surface area contributed by atoms with Gasteiger partial charge in [-0.15, -0.1) is 11.8 Å². The minimum atomic E-state index is -0.476. The molecule has 0 aliphatic rings. The Bertz CT molecular complexity index is 675. The van der Waals surface area contributed by atoms with Gasteiger partial charge in [-0.1, -0.05) is 0 Å². The number of rotatable bonds is 5. The third kappa shape index (κ3) is 5.63. The summed E-state index contributed by atoms with van der Waals surface area (Å²) in [4.78, 5) is 24.5. The average molecular weight is 333 g/mol. The van der Waals surface area contributed by atoms with E-state index in [1.165, 1.54) is 24.3 Å². The summed E-state index contributed by atoms with van der Waals surface area (Å²) in [7, 11) is 0. The molecule has 0 aliphatic heterocycles. The SMILES string of the molecule is CSc1ccc(NC(=O)NCC(=O)Nc2ccc(F)cc2)cc1. The second-order valence-corrected chi connectivity index (χ2v) is 5.47. The topological polar surface area (TPSA) is 70.2 Å². The molecule has 120 valence electrons. The van der Waals surface area contributed by atoms with Crippen LogP contribution in [0.1, 0.15) is 0 Å². The summed E-state index contributed by atoms with van der Waals surface area (Å²) in [5.41, 5.74) is 1.10. The van der Waals surface area contributed by atoms with Gasteiger partial charge in [-0.05, 0) is 54.8 Å². The first kappa shape index (κ1) is 16.8. The molecule has 3 amide bonds. The van der Waals surface area contributed by atoms with Crippen LogP contribution in [0.15, 0.2) is 53.4 Å². The van der Waals surface area contributed by atoms with Crippen LogP contribution in [0.2, 0.25) is 0 Å². The number of amides is 3. The zero-order valence-electron chi connectivity index (χ0n) is 12.4. The molecule has 0 aliphatic carbocycles. The quantitative estimate of drug-likeness (QED) is 0.735. The molecule has 0 saturated carbocycles. The van der Waals surface area contributed by atoms with E-state index < -0.39 is 11.9 Å². The van der Waals surface area contributed by atoms with E-state index in [4.69, 9.17) is 0 Å².